The molecule has 1 heteroatoms. The highest BCUT2D eigenvalue weighted by molar-refractivity contribution is 5.15. The second-order valence-corrected chi connectivity index (χ2v) is 6.41. The van der Waals surface area contributed by atoms with Crippen LogP contribution in [0.4, 0.5) is 0 Å². The van der Waals surface area contributed by atoms with Crippen LogP contribution in [0.25, 0.3) is 0 Å². The zero-order valence-electron chi connectivity index (χ0n) is 14.4. The van der Waals surface area contributed by atoms with E-state index in [1.165, 1.54) is 43.2 Å². The molecule has 0 aliphatic rings. The van der Waals surface area contributed by atoms with Gasteiger partial charge in [0.05, 0.1) is 13.2 Å². The first kappa shape index (κ1) is 17.7. The van der Waals surface area contributed by atoms with Gasteiger partial charge in [-0.1, -0.05) is 93.3 Å². The fourth-order valence-corrected chi connectivity index (χ4v) is 2.97. The van der Waals surface area contributed by atoms with Crippen LogP contribution in [0.2, 0.25) is 0 Å². The quantitative estimate of drug-likeness (QED) is 0.460. The highest BCUT2D eigenvalue weighted by atomic mass is 16.5. The van der Waals surface area contributed by atoms with Gasteiger partial charge in [-0.25, -0.2) is 0 Å². The summed E-state index contributed by atoms with van der Waals surface area (Å²) in [5.41, 5.74) is 2.69. The molecule has 0 aliphatic heterocycles. The minimum Gasteiger partial charge on any atom is -0.376 e. The minimum atomic E-state index is 0.623. The van der Waals surface area contributed by atoms with E-state index in [0.717, 1.165) is 19.6 Å². The van der Waals surface area contributed by atoms with Crippen molar-refractivity contribution in [1.82, 2.24) is 0 Å². The molecule has 124 valence electrons. The van der Waals surface area contributed by atoms with Crippen molar-refractivity contribution in [3.63, 3.8) is 0 Å². The molecule has 0 aliphatic carbocycles. The maximum Gasteiger partial charge on any atom is 0.0717 e. The number of unbranched alkanes of at least 4 members (excludes halogenated alkanes) is 3. The van der Waals surface area contributed by atoms with Crippen molar-refractivity contribution >= 4 is 0 Å². The van der Waals surface area contributed by atoms with Gasteiger partial charge >= 0.3 is 0 Å². The van der Waals surface area contributed by atoms with Crippen LogP contribution in [-0.2, 0) is 17.8 Å². The largest absolute Gasteiger partial charge is 0.376 e. The Kier molecular flexibility index (Phi) is 8.50. The Labute approximate surface area is 141 Å². The lowest BCUT2D eigenvalue weighted by Gasteiger charge is -2.17. The molecular weight excluding hydrogens is 280 g/mol. The normalized spacial score (nSPS) is 12.2. The van der Waals surface area contributed by atoms with Gasteiger partial charge in [-0.15, -0.1) is 0 Å². The van der Waals surface area contributed by atoms with E-state index >= 15 is 0 Å². The van der Waals surface area contributed by atoms with E-state index in [1.54, 1.807) is 0 Å². The third kappa shape index (κ3) is 7.47. The fourth-order valence-electron chi connectivity index (χ4n) is 2.97. The van der Waals surface area contributed by atoms with Crippen LogP contribution >= 0.6 is 0 Å². The molecule has 0 saturated heterocycles. The Morgan fingerprint density at radius 3 is 2.09 bits per heavy atom. The molecule has 2 rings (SSSR count). The Morgan fingerprint density at radius 1 is 0.783 bits per heavy atom. The summed E-state index contributed by atoms with van der Waals surface area (Å²) in [6, 6.07) is 21.3. The van der Waals surface area contributed by atoms with Gasteiger partial charge in [0.15, 0.2) is 0 Å². The zero-order chi connectivity index (χ0) is 16.2. The lowest BCUT2D eigenvalue weighted by Crippen LogP contribution is -2.13. The van der Waals surface area contributed by atoms with E-state index in [0.29, 0.717) is 5.92 Å². The first-order valence-electron chi connectivity index (χ1n) is 9.04. The lowest BCUT2D eigenvalue weighted by molar-refractivity contribution is 0.0831. The minimum absolute atomic E-state index is 0.623. The van der Waals surface area contributed by atoms with Crippen LogP contribution < -0.4 is 0 Å². The molecule has 0 aromatic heterocycles. The molecule has 1 atom stereocenters. The predicted molar refractivity (Wildman–Crippen MR) is 98.5 cm³/mol. The van der Waals surface area contributed by atoms with Crippen LogP contribution in [-0.4, -0.2) is 6.61 Å². The standard InChI is InChI=1S/C22H30O/c1-2-3-4-7-16-22(17-20-12-8-5-9-13-20)19-23-18-21-14-10-6-11-15-21/h5-6,8-15,22H,2-4,7,16-19H2,1H3. The SMILES string of the molecule is CCCCCCC(COCc1ccccc1)Cc1ccccc1. The van der Waals surface area contributed by atoms with Crippen molar-refractivity contribution < 1.29 is 4.74 Å². The second kappa shape index (κ2) is 11.0. The Bertz CT molecular complexity index is 506. The number of benzene rings is 2. The Hall–Kier alpha value is -1.60. The summed E-state index contributed by atoms with van der Waals surface area (Å²) >= 11 is 0. The van der Waals surface area contributed by atoms with Crippen molar-refractivity contribution in [2.75, 3.05) is 6.61 Å². The van der Waals surface area contributed by atoms with E-state index in [1.807, 2.05) is 0 Å². The van der Waals surface area contributed by atoms with Crippen LogP contribution in [0.5, 0.6) is 0 Å². The average Bonchev–Trinajstić information content (AvgIpc) is 2.60. The van der Waals surface area contributed by atoms with E-state index < -0.39 is 0 Å². The fraction of sp³-hybridized carbons (Fsp3) is 0.455. The summed E-state index contributed by atoms with van der Waals surface area (Å²) in [6.07, 6.45) is 7.71. The molecule has 0 N–H and O–H groups in total. The Morgan fingerprint density at radius 2 is 1.43 bits per heavy atom. The molecule has 2 aromatic carbocycles. The first-order chi connectivity index (χ1) is 11.4. The molecule has 0 fully saturated rings. The number of rotatable bonds is 11. The molecule has 2 aromatic rings. The summed E-state index contributed by atoms with van der Waals surface area (Å²) in [7, 11) is 0. The molecule has 0 bridgehead atoms. The maximum atomic E-state index is 6.01. The van der Waals surface area contributed by atoms with Crippen LogP contribution in [0.1, 0.15) is 50.2 Å². The molecular formula is C22H30O. The van der Waals surface area contributed by atoms with Gasteiger partial charge in [0.1, 0.15) is 0 Å². The van der Waals surface area contributed by atoms with Crippen LogP contribution in [0.3, 0.4) is 0 Å². The van der Waals surface area contributed by atoms with Crippen LogP contribution in [0.15, 0.2) is 60.7 Å². The maximum absolute atomic E-state index is 6.01. The molecule has 0 saturated carbocycles. The van der Waals surface area contributed by atoms with Gasteiger partial charge < -0.3 is 4.74 Å². The second-order valence-electron chi connectivity index (χ2n) is 6.41. The summed E-state index contributed by atoms with van der Waals surface area (Å²) in [5.74, 6) is 0.623. The Balaban J connectivity index is 1.79. The summed E-state index contributed by atoms with van der Waals surface area (Å²) in [5, 5.41) is 0. The van der Waals surface area contributed by atoms with Crippen molar-refractivity contribution in [2.45, 2.75) is 52.1 Å². The number of ether oxygens (including phenoxy) is 1. The average molecular weight is 310 g/mol. The summed E-state index contributed by atoms with van der Waals surface area (Å²) < 4.78 is 6.01. The highest BCUT2D eigenvalue weighted by Gasteiger charge is 2.10. The van der Waals surface area contributed by atoms with Crippen molar-refractivity contribution in [3.05, 3.63) is 71.8 Å². The molecule has 0 spiro atoms. The number of hydrogen-bond acceptors (Lipinski definition) is 1. The van der Waals surface area contributed by atoms with Crippen molar-refractivity contribution in [3.8, 4) is 0 Å². The van der Waals surface area contributed by atoms with Gasteiger partial charge in [-0.3, -0.25) is 0 Å². The molecule has 0 heterocycles. The van der Waals surface area contributed by atoms with Crippen LogP contribution in [0, 0.1) is 5.92 Å². The molecule has 23 heavy (non-hydrogen) atoms. The van der Waals surface area contributed by atoms with E-state index in [9.17, 15) is 0 Å². The monoisotopic (exact) mass is 310 g/mol. The third-order valence-corrected chi connectivity index (χ3v) is 4.30. The topological polar surface area (TPSA) is 9.23 Å². The van der Waals surface area contributed by atoms with E-state index in [4.69, 9.17) is 4.74 Å². The van der Waals surface area contributed by atoms with Gasteiger partial charge in [0.25, 0.3) is 0 Å². The van der Waals surface area contributed by atoms with Gasteiger partial charge in [0, 0.05) is 0 Å². The summed E-state index contributed by atoms with van der Waals surface area (Å²) in [4.78, 5) is 0. The summed E-state index contributed by atoms with van der Waals surface area (Å²) in [6.45, 7) is 3.85. The van der Waals surface area contributed by atoms with Crippen molar-refractivity contribution in [2.24, 2.45) is 5.92 Å². The van der Waals surface area contributed by atoms with E-state index in [2.05, 4.69) is 67.6 Å². The lowest BCUT2D eigenvalue weighted by atomic mass is 9.94. The van der Waals surface area contributed by atoms with Crippen molar-refractivity contribution in [1.29, 1.82) is 0 Å². The van der Waals surface area contributed by atoms with Gasteiger partial charge in [-0.05, 0) is 29.9 Å². The molecule has 0 radical (unpaired) electrons. The highest BCUT2D eigenvalue weighted by Crippen LogP contribution is 2.18. The number of hydrogen-bond donors (Lipinski definition) is 0. The predicted octanol–water partition coefficient (Wildman–Crippen LogP) is 6.03. The van der Waals surface area contributed by atoms with E-state index in [-0.39, 0.29) is 0 Å². The zero-order valence-corrected chi connectivity index (χ0v) is 14.4. The third-order valence-electron chi connectivity index (χ3n) is 4.30. The van der Waals surface area contributed by atoms with Gasteiger partial charge in [0.2, 0.25) is 0 Å². The molecule has 1 unspecified atom stereocenters. The molecule has 0 amide bonds. The first-order valence-corrected chi connectivity index (χ1v) is 9.04. The molecule has 1 nitrogen and oxygen atoms in total. The van der Waals surface area contributed by atoms with Gasteiger partial charge in [-0.2, -0.15) is 0 Å². The smallest absolute Gasteiger partial charge is 0.0717 e.